The van der Waals surface area contributed by atoms with Gasteiger partial charge < -0.3 is 0 Å². The quantitative estimate of drug-likeness (QED) is 0.867. The average molecular weight is 258 g/mol. The number of hydrogen-bond donors (Lipinski definition) is 1. The van der Waals surface area contributed by atoms with Crippen molar-refractivity contribution in [1.82, 2.24) is 10.2 Å². The van der Waals surface area contributed by atoms with E-state index in [2.05, 4.69) is 24.0 Å². The second-order valence-corrected chi connectivity index (χ2v) is 5.78. The summed E-state index contributed by atoms with van der Waals surface area (Å²) in [5.41, 5.74) is 4.59. The third-order valence-corrected chi connectivity index (χ3v) is 4.24. The van der Waals surface area contributed by atoms with Gasteiger partial charge >= 0.3 is 0 Å². The van der Waals surface area contributed by atoms with E-state index in [-0.39, 0.29) is 5.82 Å². The first kappa shape index (κ1) is 12.4. The van der Waals surface area contributed by atoms with Crippen molar-refractivity contribution in [3.63, 3.8) is 0 Å². The summed E-state index contributed by atoms with van der Waals surface area (Å²) in [6.07, 6.45) is 3.39. The van der Waals surface area contributed by atoms with Crippen molar-refractivity contribution in [1.29, 1.82) is 0 Å². The van der Waals surface area contributed by atoms with Gasteiger partial charge in [-0.05, 0) is 55.4 Å². The molecule has 0 amide bonds. The molecule has 0 saturated carbocycles. The van der Waals surface area contributed by atoms with Gasteiger partial charge in [-0.2, -0.15) is 5.10 Å². The lowest BCUT2D eigenvalue weighted by Gasteiger charge is -2.25. The predicted octanol–water partition coefficient (Wildman–Crippen LogP) is 3.98. The van der Waals surface area contributed by atoms with Crippen LogP contribution in [0.5, 0.6) is 0 Å². The van der Waals surface area contributed by atoms with Crippen LogP contribution in [0.4, 0.5) is 4.39 Å². The molecule has 1 heterocycles. The van der Waals surface area contributed by atoms with Gasteiger partial charge in [0.1, 0.15) is 5.82 Å². The van der Waals surface area contributed by atoms with Crippen LogP contribution in [0.3, 0.4) is 0 Å². The van der Waals surface area contributed by atoms with Gasteiger partial charge in [0, 0.05) is 16.8 Å². The molecule has 0 fully saturated rings. The van der Waals surface area contributed by atoms with Crippen LogP contribution >= 0.6 is 0 Å². The smallest absolute Gasteiger partial charge is 0.123 e. The van der Waals surface area contributed by atoms with Crippen LogP contribution in [0.15, 0.2) is 24.3 Å². The van der Waals surface area contributed by atoms with Crippen LogP contribution in [-0.2, 0) is 12.8 Å². The normalized spacial score (nSPS) is 18.6. The molecule has 3 rings (SSSR count). The Morgan fingerprint density at radius 1 is 1.26 bits per heavy atom. The van der Waals surface area contributed by atoms with Crippen LogP contribution < -0.4 is 0 Å². The van der Waals surface area contributed by atoms with E-state index in [0.717, 1.165) is 30.0 Å². The third-order valence-electron chi connectivity index (χ3n) is 4.24. The predicted molar refractivity (Wildman–Crippen MR) is 74.3 cm³/mol. The molecule has 1 atom stereocenters. The summed E-state index contributed by atoms with van der Waals surface area (Å²) in [5, 5.41) is 7.60. The zero-order chi connectivity index (χ0) is 13.4. The molecule has 0 radical (unpaired) electrons. The van der Waals surface area contributed by atoms with Gasteiger partial charge in [0.25, 0.3) is 0 Å². The van der Waals surface area contributed by atoms with Gasteiger partial charge in [-0.25, -0.2) is 4.39 Å². The highest BCUT2D eigenvalue weighted by molar-refractivity contribution is 5.64. The number of aromatic nitrogens is 2. The molecule has 2 aromatic rings. The first-order valence-electron chi connectivity index (χ1n) is 6.97. The standard InChI is InChI=1S/C16H19FN2/c1-10(2)12-5-8-15-14(9-12)16(19-18-15)11-3-6-13(17)7-4-11/h3-4,6-7,10,12H,5,8-9H2,1-2H3,(H,18,19). The topological polar surface area (TPSA) is 28.7 Å². The second-order valence-electron chi connectivity index (χ2n) is 5.78. The van der Waals surface area contributed by atoms with Crippen LogP contribution in [-0.4, -0.2) is 10.2 Å². The molecule has 100 valence electrons. The van der Waals surface area contributed by atoms with E-state index in [1.165, 1.54) is 29.8 Å². The van der Waals surface area contributed by atoms with E-state index in [0.29, 0.717) is 5.92 Å². The number of aromatic amines is 1. The Balaban J connectivity index is 1.97. The van der Waals surface area contributed by atoms with Crippen LogP contribution in [0.1, 0.15) is 31.5 Å². The molecule has 2 nitrogen and oxygen atoms in total. The summed E-state index contributed by atoms with van der Waals surface area (Å²) in [6, 6.07) is 6.62. The summed E-state index contributed by atoms with van der Waals surface area (Å²) >= 11 is 0. The minimum absolute atomic E-state index is 0.201. The highest BCUT2D eigenvalue weighted by Crippen LogP contribution is 2.34. The molecule has 3 heteroatoms. The molecule has 0 spiro atoms. The zero-order valence-corrected chi connectivity index (χ0v) is 11.4. The molecule has 0 bridgehead atoms. The molecular formula is C16H19FN2. The van der Waals surface area contributed by atoms with Crippen molar-refractivity contribution >= 4 is 0 Å². The number of aryl methyl sites for hydroxylation is 1. The largest absolute Gasteiger partial charge is 0.282 e. The van der Waals surface area contributed by atoms with Crippen molar-refractivity contribution in [2.45, 2.75) is 33.1 Å². The first-order chi connectivity index (χ1) is 9.15. The van der Waals surface area contributed by atoms with Crippen molar-refractivity contribution in [3.05, 3.63) is 41.3 Å². The van der Waals surface area contributed by atoms with E-state index in [9.17, 15) is 4.39 Å². The Labute approximate surface area is 113 Å². The van der Waals surface area contributed by atoms with Crippen LogP contribution in [0, 0.1) is 17.7 Å². The summed E-state index contributed by atoms with van der Waals surface area (Å²) < 4.78 is 13.0. The lowest BCUT2D eigenvalue weighted by Crippen LogP contribution is -2.18. The first-order valence-corrected chi connectivity index (χ1v) is 6.97. The van der Waals surface area contributed by atoms with Gasteiger partial charge in [-0.3, -0.25) is 5.10 Å². The van der Waals surface area contributed by atoms with Crippen molar-refractivity contribution < 1.29 is 4.39 Å². The molecule has 19 heavy (non-hydrogen) atoms. The maximum absolute atomic E-state index is 13.0. The molecule has 1 aliphatic rings. The average Bonchev–Trinajstić information content (AvgIpc) is 2.82. The number of fused-ring (bicyclic) bond motifs is 1. The minimum Gasteiger partial charge on any atom is -0.282 e. The summed E-state index contributed by atoms with van der Waals surface area (Å²) in [5.74, 6) is 1.22. The number of H-pyrrole nitrogens is 1. The van der Waals surface area contributed by atoms with Crippen molar-refractivity contribution in [2.24, 2.45) is 11.8 Å². The monoisotopic (exact) mass is 258 g/mol. The fraction of sp³-hybridized carbons (Fsp3) is 0.438. The fourth-order valence-electron chi connectivity index (χ4n) is 2.94. The summed E-state index contributed by atoms with van der Waals surface area (Å²) in [4.78, 5) is 0. The van der Waals surface area contributed by atoms with Gasteiger partial charge in [0.05, 0.1) is 5.69 Å². The fourth-order valence-corrected chi connectivity index (χ4v) is 2.94. The van der Waals surface area contributed by atoms with Gasteiger partial charge in [0.2, 0.25) is 0 Å². The maximum atomic E-state index is 13.0. The van der Waals surface area contributed by atoms with Gasteiger partial charge in [-0.1, -0.05) is 13.8 Å². The molecule has 0 saturated heterocycles. The van der Waals surface area contributed by atoms with Crippen molar-refractivity contribution in [3.8, 4) is 11.3 Å². The lowest BCUT2D eigenvalue weighted by atomic mass is 9.79. The van der Waals surface area contributed by atoms with Crippen molar-refractivity contribution in [2.75, 3.05) is 0 Å². The zero-order valence-electron chi connectivity index (χ0n) is 11.4. The maximum Gasteiger partial charge on any atom is 0.123 e. The summed E-state index contributed by atoms with van der Waals surface area (Å²) in [7, 11) is 0. The van der Waals surface area contributed by atoms with Gasteiger partial charge in [-0.15, -0.1) is 0 Å². The van der Waals surface area contributed by atoms with E-state index in [1.54, 1.807) is 0 Å². The van der Waals surface area contributed by atoms with E-state index in [1.807, 2.05) is 12.1 Å². The van der Waals surface area contributed by atoms with E-state index >= 15 is 0 Å². The number of benzene rings is 1. The third kappa shape index (κ3) is 2.29. The number of nitrogens with zero attached hydrogens (tertiary/aromatic N) is 1. The lowest BCUT2D eigenvalue weighted by molar-refractivity contribution is 0.342. The van der Waals surface area contributed by atoms with E-state index < -0.39 is 0 Å². The highest BCUT2D eigenvalue weighted by Gasteiger charge is 2.25. The number of halogens is 1. The Morgan fingerprint density at radius 3 is 2.68 bits per heavy atom. The highest BCUT2D eigenvalue weighted by atomic mass is 19.1. The molecule has 1 aromatic carbocycles. The molecule has 1 unspecified atom stereocenters. The van der Waals surface area contributed by atoms with Crippen LogP contribution in [0.25, 0.3) is 11.3 Å². The Kier molecular flexibility index (Phi) is 3.13. The summed E-state index contributed by atoms with van der Waals surface area (Å²) in [6.45, 7) is 4.57. The Morgan fingerprint density at radius 2 is 2.00 bits per heavy atom. The SMILES string of the molecule is CC(C)C1CCc2[nH]nc(-c3ccc(F)cc3)c2C1. The second kappa shape index (κ2) is 4.80. The Hall–Kier alpha value is -1.64. The van der Waals surface area contributed by atoms with E-state index in [4.69, 9.17) is 0 Å². The number of hydrogen-bond acceptors (Lipinski definition) is 1. The number of rotatable bonds is 2. The minimum atomic E-state index is -0.201. The van der Waals surface area contributed by atoms with Crippen LogP contribution in [0.2, 0.25) is 0 Å². The Bertz CT molecular complexity index is 569. The molecular weight excluding hydrogens is 239 g/mol. The van der Waals surface area contributed by atoms with Gasteiger partial charge in [0.15, 0.2) is 0 Å². The molecule has 1 aromatic heterocycles. The molecule has 1 N–H and O–H groups in total. The number of nitrogens with one attached hydrogen (secondary N) is 1. The molecule has 0 aliphatic heterocycles. The molecule has 1 aliphatic carbocycles.